The van der Waals surface area contributed by atoms with Crippen LogP contribution in [0.3, 0.4) is 0 Å². The zero-order valence-electron chi connectivity index (χ0n) is 33.7. The Balaban J connectivity index is 0.000000213. The Labute approximate surface area is 343 Å². The highest BCUT2D eigenvalue weighted by Gasteiger charge is 2.29. The van der Waals surface area contributed by atoms with Crippen LogP contribution in [0.1, 0.15) is 90.9 Å². The maximum Gasteiger partial charge on any atom is 0.333 e. The number of aromatic amines is 1. The quantitative estimate of drug-likeness (QED) is 0.127. The van der Waals surface area contributed by atoms with Crippen molar-refractivity contribution < 1.29 is 31.8 Å². The number of alkyl halides is 4. The maximum absolute atomic E-state index is 13.8. The molecule has 2 aliphatic rings. The summed E-state index contributed by atoms with van der Waals surface area (Å²) in [4.78, 5) is 32.9. The van der Waals surface area contributed by atoms with Gasteiger partial charge in [-0.05, 0) is 102 Å². The number of anilines is 2. The number of carbonyl (C=O) groups is 1. The number of carbonyl (C=O) groups excluding carboxylic acids is 1. The maximum atomic E-state index is 13.8. The first kappa shape index (κ1) is 43.1. The summed E-state index contributed by atoms with van der Waals surface area (Å²) in [7, 11) is 0. The van der Waals surface area contributed by atoms with E-state index < -0.39 is 19.0 Å². The monoisotopic (exact) mass is 874 g/mol. The molecule has 2 saturated heterocycles. The van der Waals surface area contributed by atoms with Crippen LogP contribution in [0.2, 0.25) is 0 Å². The first-order valence-corrected chi connectivity index (χ1v) is 20.5. The number of amides is 1. The van der Waals surface area contributed by atoms with Crippen LogP contribution in [0.15, 0.2) is 39.9 Å². The summed E-state index contributed by atoms with van der Waals surface area (Å²) in [6.07, 6.45) is 6.52. The molecule has 5 aromatic rings. The number of rotatable bonds is 11. The van der Waals surface area contributed by atoms with Crippen molar-refractivity contribution in [3.63, 3.8) is 0 Å². The minimum absolute atomic E-state index is 0.0264. The molecule has 0 unspecified atom stereocenters. The van der Waals surface area contributed by atoms with E-state index in [0.29, 0.717) is 52.5 Å². The van der Waals surface area contributed by atoms with Crippen LogP contribution in [-0.2, 0) is 16.0 Å². The number of halogens is 5. The molecular weight excluding hydrogens is 824 g/mol. The Bertz CT molecular complexity index is 2300. The number of fused-ring (bicyclic) bond motifs is 2. The minimum Gasteiger partial charge on any atom is -0.381 e. The standard InChI is InChI=1S/C25H31F2N5O3.C16H20BrF2N3O/c1-5-31(17-6-8-35-9-7-17)22-16(4)18(11-21-20(22)13-29-32(21)25(26)27)23(33)28-12-19-14(2)10-15(3)30-24(19)34;1-3-21(11-4-6-23-7-5-11)15-10(2)13(17)8-14-12(15)9-20-22(14)16(18)19/h10-11,13,17,25H,5-9,12H2,1-4H3,(H,28,33)(H,30,34);8-9,11,16H,3-7H2,1-2H3. The van der Waals surface area contributed by atoms with Crippen molar-refractivity contribution in [1.29, 1.82) is 0 Å². The molecule has 2 N–H and O–H groups in total. The summed E-state index contributed by atoms with van der Waals surface area (Å²) in [5.74, 6) is -0.435. The predicted molar refractivity (Wildman–Crippen MR) is 221 cm³/mol. The van der Waals surface area contributed by atoms with Gasteiger partial charge in [0.2, 0.25) is 0 Å². The first-order chi connectivity index (χ1) is 27.8. The lowest BCUT2D eigenvalue weighted by molar-refractivity contribution is 0.0610. The summed E-state index contributed by atoms with van der Waals surface area (Å²) >= 11 is 3.52. The lowest BCUT2D eigenvalue weighted by atomic mass is 9.98. The first-order valence-electron chi connectivity index (χ1n) is 19.7. The van der Waals surface area contributed by atoms with Gasteiger partial charge < -0.3 is 29.6 Å². The number of hydrogen-bond acceptors (Lipinski definition) is 8. The van der Waals surface area contributed by atoms with Gasteiger partial charge >= 0.3 is 13.1 Å². The van der Waals surface area contributed by atoms with Crippen molar-refractivity contribution in [2.45, 2.75) is 99.0 Å². The third-order valence-electron chi connectivity index (χ3n) is 11.2. The Hall–Kier alpha value is -4.48. The predicted octanol–water partition coefficient (Wildman–Crippen LogP) is 8.49. The third kappa shape index (κ3) is 8.76. The van der Waals surface area contributed by atoms with Gasteiger partial charge in [0.15, 0.2) is 0 Å². The molecular formula is C41H51BrF4N8O4. The second-order valence-corrected chi connectivity index (χ2v) is 15.6. The van der Waals surface area contributed by atoms with E-state index in [4.69, 9.17) is 9.47 Å². The summed E-state index contributed by atoms with van der Waals surface area (Å²) in [6, 6.07) is 5.56. The molecule has 3 aromatic heterocycles. The van der Waals surface area contributed by atoms with E-state index in [1.54, 1.807) is 19.2 Å². The normalized spacial score (nSPS) is 15.3. The second-order valence-electron chi connectivity index (χ2n) is 14.7. The van der Waals surface area contributed by atoms with Gasteiger partial charge in [0.1, 0.15) is 0 Å². The zero-order valence-corrected chi connectivity index (χ0v) is 35.3. The Kier molecular flexibility index (Phi) is 13.8. The molecule has 0 radical (unpaired) electrons. The lowest BCUT2D eigenvalue weighted by Gasteiger charge is -2.37. The number of hydrogen-bond donors (Lipinski definition) is 2. The van der Waals surface area contributed by atoms with Crippen molar-refractivity contribution in [3.05, 3.63) is 78.9 Å². The molecule has 2 fully saturated rings. The van der Waals surface area contributed by atoms with E-state index in [-0.39, 0.29) is 29.2 Å². The molecule has 0 spiro atoms. The molecule has 7 rings (SSSR count). The molecule has 17 heteroatoms. The lowest BCUT2D eigenvalue weighted by Crippen LogP contribution is -2.40. The van der Waals surface area contributed by atoms with E-state index in [2.05, 4.69) is 53.2 Å². The Morgan fingerprint density at radius 1 is 0.828 bits per heavy atom. The number of H-pyrrole nitrogens is 1. The molecule has 58 heavy (non-hydrogen) atoms. The van der Waals surface area contributed by atoms with Gasteiger partial charge in [-0.3, -0.25) is 9.59 Å². The number of benzene rings is 2. The number of pyridine rings is 1. The highest BCUT2D eigenvalue weighted by atomic mass is 79.9. The summed E-state index contributed by atoms with van der Waals surface area (Å²) < 4.78 is 67.1. The van der Waals surface area contributed by atoms with E-state index in [0.717, 1.165) is 88.2 Å². The Morgan fingerprint density at radius 3 is 1.78 bits per heavy atom. The van der Waals surface area contributed by atoms with Crippen molar-refractivity contribution in [1.82, 2.24) is 29.9 Å². The topological polar surface area (TPSA) is 123 Å². The largest absolute Gasteiger partial charge is 0.381 e. The molecule has 2 aliphatic heterocycles. The highest BCUT2D eigenvalue weighted by Crippen LogP contribution is 2.40. The molecule has 0 bridgehead atoms. The molecule has 0 atom stereocenters. The number of aromatic nitrogens is 5. The fraction of sp³-hybridized carbons (Fsp3) is 0.512. The molecule has 0 aliphatic carbocycles. The average Bonchev–Trinajstić information content (AvgIpc) is 3.83. The van der Waals surface area contributed by atoms with Gasteiger partial charge in [-0.15, -0.1) is 0 Å². The summed E-state index contributed by atoms with van der Waals surface area (Å²) in [5.41, 5.74) is 6.11. The number of nitrogens with zero attached hydrogens (tertiary/aromatic N) is 6. The summed E-state index contributed by atoms with van der Waals surface area (Å²) in [5, 5.41) is 12.0. The van der Waals surface area contributed by atoms with Gasteiger partial charge in [0, 0.05) is 90.2 Å². The SMILES string of the molecule is CCN(c1c(C)c(Br)cc2c1cnn2C(F)F)C1CCOCC1.CCN(c1c(C)c(C(=O)NCc2c(C)cc(C)[nH]c2=O)cc2c1cnn2C(F)F)C1CCOCC1. The molecule has 314 valence electrons. The van der Waals surface area contributed by atoms with Gasteiger partial charge in [0.05, 0.1) is 34.8 Å². The number of ether oxygens (including phenoxy) is 2. The van der Waals surface area contributed by atoms with E-state index >= 15 is 0 Å². The third-order valence-corrected chi connectivity index (χ3v) is 12.1. The minimum atomic E-state index is -2.84. The molecule has 5 heterocycles. The van der Waals surface area contributed by atoms with E-state index in [1.807, 2.05) is 33.8 Å². The summed E-state index contributed by atoms with van der Waals surface area (Å²) in [6.45, 7) is 10.3. The smallest absolute Gasteiger partial charge is 0.333 e. The molecule has 2 aromatic carbocycles. The number of aryl methyl sites for hydroxylation is 2. The van der Waals surface area contributed by atoms with Crippen LogP contribution >= 0.6 is 15.9 Å². The van der Waals surface area contributed by atoms with Crippen LogP contribution in [0.4, 0.5) is 28.9 Å². The molecule has 12 nitrogen and oxygen atoms in total. The van der Waals surface area contributed by atoms with Crippen LogP contribution in [0, 0.1) is 27.7 Å². The van der Waals surface area contributed by atoms with Crippen molar-refractivity contribution in [2.75, 3.05) is 49.3 Å². The number of nitrogens with one attached hydrogen (secondary N) is 2. The fourth-order valence-corrected chi connectivity index (χ4v) is 8.76. The Morgan fingerprint density at radius 2 is 1.31 bits per heavy atom. The van der Waals surface area contributed by atoms with Crippen molar-refractivity contribution in [2.24, 2.45) is 0 Å². The van der Waals surface area contributed by atoms with Crippen LogP contribution in [-0.4, -0.2) is 82.1 Å². The van der Waals surface area contributed by atoms with Crippen LogP contribution in [0.25, 0.3) is 21.8 Å². The highest BCUT2D eigenvalue weighted by molar-refractivity contribution is 9.10. The van der Waals surface area contributed by atoms with Gasteiger partial charge in [-0.25, -0.2) is 9.36 Å². The molecule has 0 saturated carbocycles. The van der Waals surface area contributed by atoms with Gasteiger partial charge in [-0.1, -0.05) is 15.9 Å². The van der Waals surface area contributed by atoms with Crippen LogP contribution in [0.5, 0.6) is 0 Å². The van der Waals surface area contributed by atoms with Gasteiger partial charge in [0.25, 0.3) is 11.5 Å². The van der Waals surface area contributed by atoms with E-state index in [9.17, 15) is 27.2 Å². The molecule has 1 amide bonds. The fourth-order valence-electron chi connectivity index (χ4n) is 8.36. The van der Waals surface area contributed by atoms with Crippen molar-refractivity contribution >= 4 is 55.0 Å². The van der Waals surface area contributed by atoms with Crippen molar-refractivity contribution in [3.8, 4) is 0 Å². The van der Waals surface area contributed by atoms with E-state index in [1.165, 1.54) is 12.3 Å². The zero-order chi connectivity index (χ0) is 41.8. The van der Waals surface area contributed by atoms with Gasteiger partial charge in [-0.2, -0.15) is 27.8 Å². The van der Waals surface area contributed by atoms with Crippen LogP contribution < -0.4 is 20.7 Å². The second kappa shape index (κ2) is 18.6. The average molecular weight is 876 g/mol.